The van der Waals surface area contributed by atoms with Gasteiger partial charge in [0.05, 0.1) is 19.8 Å². The smallest absolute Gasteiger partial charge is 0.131 e. The summed E-state index contributed by atoms with van der Waals surface area (Å²) in [6.45, 7) is 7.66. The third-order valence-electron chi connectivity index (χ3n) is 4.47. The van der Waals surface area contributed by atoms with Crippen molar-refractivity contribution < 1.29 is 19.7 Å². The van der Waals surface area contributed by atoms with Crippen molar-refractivity contribution in [1.29, 1.82) is 0 Å². The lowest BCUT2D eigenvalue weighted by molar-refractivity contribution is 0.0279. The first-order chi connectivity index (χ1) is 10.9. The third-order valence-corrected chi connectivity index (χ3v) is 4.47. The highest BCUT2D eigenvalue weighted by atomic mass is 16.5. The topological polar surface area (TPSA) is 74.2 Å². The van der Waals surface area contributed by atoms with Gasteiger partial charge in [-0.3, -0.25) is 4.90 Å². The van der Waals surface area contributed by atoms with Crippen molar-refractivity contribution in [2.45, 2.75) is 19.9 Å². The van der Waals surface area contributed by atoms with E-state index in [9.17, 15) is 10.2 Å². The van der Waals surface area contributed by atoms with Gasteiger partial charge in [0.1, 0.15) is 17.2 Å². The molecule has 0 radical (unpaired) electrons. The van der Waals surface area contributed by atoms with Gasteiger partial charge in [0.25, 0.3) is 0 Å². The molecule has 1 saturated heterocycles. The minimum atomic E-state index is -0.394. The quantitative estimate of drug-likeness (QED) is 0.734. The van der Waals surface area contributed by atoms with Gasteiger partial charge in [-0.15, -0.1) is 0 Å². The number of phenols is 1. The normalized spacial score (nSPS) is 17.8. The maximum atomic E-state index is 9.96. The zero-order chi connectivity index (χ0) is 17.0. The second-order valence-electron chi connectivity index (χ2n) is 6.60. The molecule has 3 N–H and O–H groups in total. The van der Waals surface area contributed by atoms with E-state index in [-0.39, 0.29) is 18.4 Å². The molecule has 1 aliphatic heterocycles. The Hall–Kier alpha value is -1.50. The number of aliphatic hydroxyl groups excluding tert-OH is 1. The van der Waals surface area contributed by atoms with E-state index in [0.29, 0.717) is 11.5 Å². The van der Waals surface area contributed by atoms with Crippen molar-refractivity contribution in [1.82, 2.24) is 10.2 Å². The molecule has 0 aliphatic carbocycles. The number of hydrogen-bond acceptors (Lipinski definition) is 6. The monoisotopic (exact) mass is 324 g/mol. The molecule has 6 heteroatoms. The summed E-state index contributed by atoms with van der Waals surface area (Å²) in [6, 6.07) is 3.11. The van der Waals surface area contributed by atoms with E-state index in [2.05, 4.69) is 10.2 Å². The van der Waals surface area contributed by atoms with Crippen molar-refractivity contribution in [2.24, 2.45) is 5.41 Å². The highest BCUT2D eigenvalue weighted by molar-refractivity contribution is 5.52. The minimum absolute atomic E-state index is 0.0365. The van der Waals surface area contributed by atoms with Crippen molar-refractivity contribution in [3.63, 3.8) is 0 Å². The van der Waals surface area contributed by atoms with Crippen LogP contribution in [0.15, 0.2) is 12.1 Å². The fraction of sp³-hybridized carbons (Fsp3) is 0.647. The van der Waals surface area contributed by atoms with Gasteiger partial charge in [-0.25, -0.2) is 0 Å². The number of nitrogens with zero attached hydrogens (tertiary/aromatic N) is 1. The first kappa shape index (κ1) is 17.8. The molecule has 1 aliphatic rings. The maximum Gasteiger partial charge on any atom is 0.131 e. The zero-order valence-corrected chi connectivity index (χ0v) is 14.4. The lowest BCUT2D eigenvalue weighted by Crippen LogP contribution is -2.49. The molecule has 23 heavy (non-hydrogen) atoms. The van der Waals surface area contributed by atoms with E-state index in [1.165, 1.54) is 0 Å². The Morgan fingerprint density at radius 2 is 1.70 bits per heavy atom. The van der Waals surface area contributed by atoms with Gasteiger partial charge >= 0.3 is 0 Å². The van der Waals surface area contributed by atoms with E-state index >= 15 is 0 Å². The Kier molecular flexibility index (Phi) is 5.73. The number of methoxy groups -OCH3 is 2. The molecule has 130 valence electrons. The van der Waals surface area contributed by atoms with Crippen molar-refractivity contribution >= 4 is 0 Å². The van der Waals surface area contributed by atoms with Gasteiger partial charge in [-0.05, 0) is 0 Å². The molecule has 1 heterocycles. The van der Waals surface area contributed by atoms with Crippen LogP contribution < -0.4 is 14.8 Å². The Balaban J connectivity index is 2.58. The summed E-state index contributed by atoms with van der Waals surface area (Å²) in [7, 11) is 3.16. The van der Waals surface area contributed by atoms with E-state index < -0.39 is 5.41 Å². The predicted molar refractivity (Wildman–Crippen MR) is 89.3 cm³/mol. The molecule has 1 atom stereocenters. The number of benzene rings is 1. The van der Waals surface area contributed by atoms with Crippen molar-refractivity contribution in [3.8, 4) is 17.2 Å². The highest BCUT2D eigenvalue weighted by Gasteiger charge is 2.39. The van der Waals surface area contributed by atoms with Crippen LogP contribution in [0.5, 0.6) is 17.2 Å². The number of aromatic hydroxyl groups is 1. The van der Waals surface area contributed by atoms with Crippen LogP contribution in [0.2, 0.25) is 0 Å². The Morgan fingerprint density at radius 1 is 1.17 bits per heavy atom. The SMILES string of the molecule is COc1cc(O)cc(OC)c1[C@@H](N1CCNCC1)C(C)(C)CO. The zero-order valence-electron chi connectivity index (χ0n) is 14.4. The summed E-state index contributed by atoms with van der Waals surface area (Å²) >= 11 is 0. The van der Waals surface area contributed by atoms with Crippen LogP contribution in [0.4, 0.5) is 0 Å². The summed E-state index contributed by atoms with van der Waals surface area (Å²) in [6.07, 6.45) is 0. The van der Waals surface area contributed by atoms with Gasteiger partial charge in [0.15, 0.2) is 0 Å². The molecule has 0 spiro atoms. The molecule has 0 bridgehead atoms. The molecule has 0 amide bonds. The average molecular weight is 324 g/mol. The number of piperazine rings is 1. The van der Waals surface area contributed by atoms with Crippen LogP contribution in [0.25, 0.3) is 0 Å². The molecular formula is C17H28N2O4. The van der Waals surface area contributed by atoms with Crippen LogP contribution >= 0.6 is 0 Å². The van der Waals surface area contributed by atoms with E-state index in [4.69, 9.17) is 9.47 Å². The van der Waals surface area contributed by atoms with Gasteiger partial charge in [0, 0.05) is 56.4 Å². The lowest BCUT2D eigenvalue weighted by Gasteiger charge is -2.44. The molecule has 1 aromatic rings. The summed E-state index contributed by atoms with van der Waals surface area (Å²) < 4.78 is 11.0. The Labute approximate surface area is 138 Å². The van der Waals surface area contributed by atoms with E-state index in [0.717, 1.165) is 31.7 Å². The molecule has 1 fully saturated rings. The fourth-order valence-corrected chi connectivity index (χ4v) is 3.29. The Bertz CT molecular complexity index is 502. The highest BCUT2D eigenvalue weighted by Crippen LogP contribution is 2.47. The lowest BCUT2D eigenvalue weighted by atomic mass is 9.79. The number of nitrogens with one attached hydrogen (secondary N) is 1. The van der Waals surface area contributed by atoms with Gasteiger partial charge < -0.3 is 25.0 Å². The Morgan fingerprint density at radius 3 is 2.13 bits per heavy atom. The van der Waals surface area contributed by atoms with Crippen LogP contribution in [-0.4, -0.2) is 62.1 Å². The first-order valence-electron chi connectivity index (χ1n) is 7.95. The van der Waals surface area contributed by atoms with Gasteiger partial charge in [-0.2, -0.15) is 0 Å². The summed E-state index contributed by atoms with van der Waals surface area (Å²) in [5.41, 5.74) is 0.475. The maximum absolute atomic E-state index is 9.96. The summed E-state index contributed by atoms with van der Waals surface area (Å²) in [4.78, 5) is 2.34. The van der Waals surface area contributed by atoms with Crippen molar-refractivity contribution in [3.05, 3.63) is 17.7 Å². The number of hydrogen-bond donors (Lipinski definition) is 3. The second kappa shape index (κ2) is 7.38. The molecular weight excluding hydrogens is 296 g/mol. The molecule has 1 aromatic carbocycles. The fourth-order valence-electron chi connectivity index (χ4n) is 3.29. The molecule has 2 rings (SSSR count). The van der Waals surface area contributed by atoms with Crippen LogP contribution in [0, 0.1) is 5.41 Å². The molecule has 0 saturated carbocycles. The number of phenolic OH excluding ortho intramolecular Hbond substituents is 1. The number of rotatable bonds is 6. The van der Waals surface area contributed by atoms with Crippen LogP contribution in [0.1, 0.15) is 25.5 Å². The molecule has 0 unspecified atom stereocenters. The minimum Gasteiger partial charge on any atom is -0.508 e. The third kappa shape index (κ3) is 3.71. The molecule has 0 aromatic heterocycles. The summed E-state index contributed by atoms with van der Waals surface area (Å²) in [5, 5.41) is 23.2. The van der Waals surface area contributed by atoms with E-state index in [1.54, 1.807) is 26.4 Å². The standard InChI is InChI=1S/C17H28N2O4/c1-17(2,11-20)16(19-7-5-18-6-8-19)15-13(22-3)9-12(21)10-14(15)23-4/h9-10,16,18,20-21H,5-8,11H2,1-4H3/t16-/m1/s1. The average Bonchev–Trinajstić information content (AvgIpc) is 2.56. The summed E-state index contributed by atoms with van der Waals surface area (Å²) in [5.74, 6) is 1.25. The van der Waals surface area contributed by atoms with Crippen LogP contribution in [0.3, 0.4) is 0 Å². The van der Waals surface area contributed by atoms with Crippen LogP contribution in [-0.2, 0) is 0 Å². The van der Waals surface area contributed by atoms with Gasteiger partial charge in [0.2, 0.25) is 0 Å². The van der Waals surface area contributed by atoms with Crippen molar-refractivity contribution in [2.75, 3.05) is 47.0 Å². The molecule has 6 nitrogen and oxygen atoms in total. The predicted octanol–water partition coefficient (Wildman–Crippen LogP) is 1.37. The largest absolute Gasteiger partial charge is 0.508 e. The van der Waals surface area contributed by atoms with Gasteiger partial charge in [-0.1, -0.05) is 13.8 Å². The first-order valence-corrected chi connectivity index (χ1v) is 7.95. The number of aliphatic hydroxyl groups is 1. The number of ether oxygens (including phenoxy) is 2. The van der Waals surface area contributed by atoms with E-state index in [1.807, 2.05) is 13.8 Å². The second-order valence-corrected chi connectivity index (χ2v) is 6.60.